The molecular weight excluding hydrogens is 282 g/mol. The maximum Gasteiger partial charge on any atom is 0.299 e. The summed E-state index contributed by atoms with van der Waals surface area (Å²) in [5, 5.41) is 13.1. The van der Waals surface area contributed by atoms with Gasteiger partial charge in [0, 0.05) is 5.54 Å². The zero-order valence-electron chi connectivity index (χ0n) is 13.1. The first-order chi connectivity index (χ1) is 9.96. The molecule has 2 rings (SSSR count). The fourth-order valence-corrected chi connectivity index (χ4v) is 2.45. The molecule has 5 heteroatoms. The quantitative estimate of drug-likeness (QED) is 0.870. The van der Waals surface area contributed by atoms with Crippen LogP contribution in [0.25, 0.3) is 0 Å². The van der Waals surface area contributed by atoms with Crippen LogP contribution in [0.2, 0.25) is 0 Å². The maximum absolute atomic E-state index is 5.74. The van der Waals surface area contributed by atoms with E-state index in [-0.39, 0.29) is 5.54 Å². The molecule has 0 amide bonds. The normalized spacial score (nSPS) is 11.6. The number of rotatable bonds is 6. The Labute approximate surface area is 130 Å². The standard InChI is InChI=1S/C16H23N3OS/c1-5-6-12-7-9-13(10-8-12)20-15-19-18-14(21-15)11-17-16(2,3)4/h7-10,17H,5-6,11H2,1-4H3. The SMILES string of the molecule is CCCc1ccc(Oc2nnc(CNC(C)(C)C)s2)cc1. The Balaban J connectivity index is 1.92. The largest absolute Gasteiger partial charge is 0.430 e. The maximum atomic E-state index is 5.74. The number of nitrogens with one attached hydrogen (secondary N) is 1. The Morgan fingerprint density at radius 3 is 2.48 bits per heavy atom. The van der Waals surface area contributed by atoms with Crippen molar-refractivity contribution in [1.29, 1.82) is 0 Å². The molecule has 0 fully saturated rings. The van der Waals surface area contributed by atoms with Gasteiger partial charge in [0.25, 0.3) is 5.19 Å². The van der Waals surface area contributed by atoms with E-state index in [1.807, 2.05) is 12.1 Å². The van der Waals surface area contributed by atoms with Crippen LogP contribution in [-0.4, -0.2) is 15.7 Å². The number of aromatic nitrogens is 2. The fraction of sp³-hybridized carbons (Fsp3) is 0.500. The van der Waals surface area contributed by atoms with Crippen molar-refractivity contribution in [3.05, 3.63) is 34.8 Å². The summed E-state index contributed by atoms with van der Waals surface area (Å²) < 4.78 is 5.74. The van der Waals surface area contributed by atoms with Crippen LogP contribution in [-0.2, 0) is 13.0 Å². The molecule has 1 heterocycles. The summed E-state index contributed by atoms with van der Waals surface area (Å²) in [6, 6.07) is 8.17. The van der Waals surface area contributed by atoms with Gasteiger partial charge in [-0.1, -0.05) is 41.9 Å². The second-order valence-electron chi connectivity index (χ2n) is 6.06. The molecule has 0 saturated heterocycles. The molecule has 0 aliphatic carbocycles. The minimum atomic E-state index is 0.0712. The first-order valence-electron chi connectivity index (χ1n) is 7.30. The lowest BCUT2D eigenvalue weighted by Crippen LogP contribution is -2.35. The number of hydrogen-bond acceptors (Lipinski definition) is 5. The van der Waals surface area contributed by atoms with Crippen LogP contribution in [0.4, 0.5) is 0 Å². The lowest BCUT2D eigenvalue weighted by molar-refractivity contribution is 0.423. The van der Waals surface area contributed by atoms with E-state index in [4.69, 9.17) is 4.74 Å². The van der Waals surface area contributed by atoms with Gasteiger partial charge < -0.3 is 10.1 Å². The first-order valence-corrected chi connectivity index (χ1v) is 8.12. The third-order valence-electron chi connectivity index (χ3n) is 2.89. The van der Waals surface area contributed by atoms with Gasteiger partial charge in [0.2, 0.25) is 0 Å². The Kier molecular flexibility index (Phi) is 5.31. The van der Waals surface area contributed by atoms with Gasteiger partial charge in [0.1, 0.15) is 10.8 Å². The predicted molar refractivity (Wildman–Crippen MR) is 87.0 cm³/mol. The number of ether oxygens (including phenoxy) is 1. The number of aryl methyl sites for hydroxylation is 1. The van der Waals surface area contributed by atoms with E-state index < -0.39 is 0 Å². The number of hydrogen-bond donors (Lipinski definition) is 1. The molecule has 4 nitrogen and oxygen atoms in total. The molecule has 21 heavy (non-hydrogen) atoms. The van der Waals surface area contributed by atoms with Gasteiger partial charge in [-0.15, -0.1) is 5.10 Å². The third-order valence-corrected chi connectivity index (χ3v) is 3.69. The van der Waals surface area contributed by atoms with E-state index in [1.165, 1.54) is 16.9 Å². The summed E-state index contributed by atoms with van der Waals surface area (Å²) in [4.78, 5) is 0. The van der Waals surface area contributed by atoms with Gasteiger partial charge in [-0.25, -0.2) is 0 Å². The molecule has 0 radical (unpaired) electrons. The third kappa shape index (κ3) is 5.44. The van der Waals surface area contributed by atoms with Crippen LogP contribution in [0, 0.1) is 0 Å². The Hall–Kier alpha value is -1.46. The minimum absolute atomic E-state index is 0.0712. The van der Waals surface area contributed by atoms with Gasteiger partial charge in [-0.3, -0.25) is 0 Å². The van der Waals surface area contributed by atoms with E-state index in [2.05, 4.69) is 55.3 Å². The average molecular weight is 305 g/mol. The Bertz CT molecular complexity index is 558. The van der Waals surface area contributed by atoms with E-state index in [1.54, 1.807) is 0 Å². The average Bonchev–Trinajstić information content (AvgIpc) is 2.86. The van der Waals surface area contributed by atoms with Crippen LogP contribution in [0.5, 0.6) is 10.9 Å². The summed E-state index contributed by atoms with van der Waals surface area (Å²) in [7, 11) is 0. The van der Waals surface area contributed by atoms with Crippen LogP contribution >= 0.6 is 11.3 Å². The van der Waals surface area contributed by atoms with Crippen molar-refractivity contribution < 1.29 is 4.74 Å². The number of nitrogens with zero attached hydrogens (tertiary/aromatic N) is 2. The molecule has 1 N–H and O–H groups in total. The predicted octanol–water partition coefficient (Wildman–Crippen LogP) is 4.17. The summed E-state index contributed by atoms with van der Waals surface area (Å²) in [5.41, 5.74) is 1.40. The van der Waals surface area contributed by atoms with E-state index in [0.717, 1.165) is 23.6 Å². The van der Waals surface area contributed by atoms with Crippen molar-refractivity contribution in [1.82, 2.24) is 15.5 Å². The van der Waals surface area contributed by atoms with Gasteiger partial charge >= 0.3 is 0 Å². The molecule has 2 aromatic rings. The molecule has 0 aliphatic rings. The summed E-state index contributed by atoms with van der Waals surface area (Å²) in [5.74, 6) is 0.807. The van der Waals surface area contributed by atoms with Crippen LogP contribution in [0.1, 0.15) is 44.7 Å². The lowest BCUT2D eigenvalue weighted by Gasteiger charge is -2.19. The molecule has 1 aromatic carbocycles. The van der Waals surface area contributed by atoms with Crippen molar-refractivity contribution >= 4 is 11.3 Å². The van der Waals surface area contributed by atoms with Crippen molar-refractivity contribution in [3.8, 4) is 10.9 Å². The van der Waals surface area contributed by atoms with Crippen LogP contribution < -0.4 is 10.1 Å². The molecule has 0 unspecified atom stereocenters. The smallest absolute Gasteiger partial charge is 0.299 e. The molecule has 0 aliphatic heterocycles. The summed E-state index contributed by atoms with van der Waals surface area (Å²) >= 11 is 1.48. The molecule has 1 aromatic heterocycles. The van der Waals surface area contributed by atoms with Gasteiger partial charge in [-0.05, 0) is 44.9 Å². The Morgan fingerprint density at radius 2 is 1.86 bits per heavy atom. The monoisotopic (exact) mass is 305 g/mol. The van der Waals surface area contributed by atoms with Crippen molar-refractivity contribution in [3.63, 3.8) is 0 Å². The summed E-state index contributed by atoms with van der Waals surface area (Å²) in [6.07, 6.45) is 2.25. The van der Waals surface area contributed by atoms with Crippen LogP contribution in [0.15, 0.2) is 24.3 Å². The van der Waals surface area contributed by atoms with Crippen molar-refractivity contribution in [2.75, 3.05) is 0 Å². The number of benzene rings is 1. The highest BCUT2D eigenvalue weighted by Gasteiger charge is 2.11. The minimum Gasteiger partial charge on any atom is -0.430 e. The molecule has 0 bridgehead atoms. The van der Waals surface area contributed by atoms with Gasteiger partial charge in [0.05, 0.1) is 6.54 Å². The second-order valence-corrected chi connectivity index (χ2v) is 7.09. The molecule has 0 spiro atoms. The molecule has 0 atom stereocenters. The van der Waals surface area contributed by atoms with Crippen molar-refractivity contribution in [2.24, 2.45) is 0 Å². The van der Waals surface area contributed by atoms with Gasteiger partial charge in [0.15, 0.2) is 0 Å². The van der Waals surface area contributed by atoms with Gasteiger partial charge in [-0.2, -0.15) is 0 Å². The van der Waals surface area contributed by atoms with E-state index in [0.29, 0.717) is 11.7 Å². The topological polar surface area (TPSA) is 47.0 Å². The van der Waals surface area contributed by atoms with Crippen LogP contribution in [0.3, 0.4) is 0 Å². The summed E-state index contributed by atoms with van der Waals surface area (Å²) in [6.45, 7) is 9.27. The molecular formula is C16H23N3OS. The highest BCUT2D eigenvalue weighted by molar-refractivity contribution is 7.13. The van der Waals surface area contributed by atoms with Crippen molar-refractivity contribution in [2.45, 2.75) is 52.6 Å². The first kappa shape index (κ1) is 15.9. The zero-order chi connectivity index (χ0) is 15.3. The highest BCUT2D eigenvalue weighted by Crippen LogP contribution is 2.25. The zero-order valence-corrected chi connectivity index (χ0v) is 14.0. The molecule has 0 saturated carbocycles. The Morgan fingerprint density at radius 1 is 1.14 bits per heavy atom. The highest BCUT2D eigenvalue weighted by atomic mass is 32.1. The second kappa shape index (κ2) is 7.00. The van der Waals surface area contributed by atoms with E-state index >= 15 is 0 Å². The molecule has 114 valence electrons. The van der Waals surface area contributed by atoms with E-state index in [9.17, 15) is 0 Å². The fourth-order valence-electron chi connectivity index (χ4n) is 1.81. The lowest BCUT2D eigenvalue weighted by atomic mass is 10.1.